The maximum atomic E-state index is 13.0. The first-order valence-electron chi connectivity index (χ1n) is 5.00. The SMILES string of the molecule is CCC1CN(c2cc(F)ccc2N)C1. The fraction of sp³-hybridized carbons (Fsp3) is 0.455. The van der Waals surface area contributed by atoms with E-state index in [1.165, 1.54) is 18.6 Å². The third-order valence-electron chi connectivity index (χ3n) is 2.87. The molecule has 14 heavy (non-hydrogen) atoms. The number of benzene rings is 1. The van der Waals surface area contributed by atoms with Gasteiger partial charge in [0.2, 0.25) is 0 Å². The predicted octanol–water partition coefficient (Wildman–Crippen LogP) is 2.25. The van der Waals surface area contributed by atoms with Crippen molar-refractivity contribution in [3.05, 3.63) is 24.0 Å². The molecule has 0 aromatic heterocycles. The van der Waals surface area contributed by atoms with Gasteiger partial charge >= 0.3 is 0 Å². The molecule has 1 saturated heterocycles. The van der Waals surface area contributed by atoms with Gasteiger partial charge in [0.05, 0.1) is 11.4 Å². The molecular weight excluding hydrogens is 179 g/mol. The lowest BCUT2D eigenvalue weighted by molar-refractivity contribution is 0.398. The van der Waals surface area contributed by atoms with Crippen LogP contribution in [0.3, 0.4) is 0 Å². The Morgan fingerprint density at radius 3 is 2.86 bits per heavy atom. The Hall–Kier alpha value is -1.25. The number of halogens is 1. The highest BCUT2D eigenvalue weighted by atomic mass is 19.1. The quantitative estimate of drug-likeness (QED) is 0.732. The zero-order valence-electron chi connectivity index (χ0n) is 8.33. The first-order chi connectivity index (χ1) is 6.70. The third-order valence-corrected chi connectivity index (χ3v) is 2.87. The minimum absolute atomic E-state index is 0.214. The van der Waals surface area contributed by atoms with Crippen molar-refractivity contribution in [3.8, 4) is 0 Å². The maximum absolute atomic E-state index is 13.0. The molecular formula is C11H15FN2. The Bertz CT molecular complexity index is 332. The number of nitrogens with zero attached hydrogens (tertiary/aromatic N) is 1. The largest absolute Gasteiger partial charge is 0.397 e. The number of nitrogen functional groups attached to an aromatic ring is 1. The van der Waals surface area contributed by atoms with Gasteiger partial charge in [-0.2, -0.15) is 0 Å². The average molecular weight is 194 g/mol. The summed E-state index contributed by atoms with van der Waals surface area (Å²) >= 11 is 0. The van der Waals surface area contributed by atoms with Crippen LogP contribution in [0.15, 0.2) is 18.2 Å². The van der Waals surface area contributed by atoms with Crippen LogP contribution in [-0.4, -0.2) is 13.1 Å². The molecule has 0 aliphatic carbocycles. The molecule has 1 heterocycles. The van der Waals surface area contributed by atoms with Crippen LogP contribution in [0.2, 0.25) is 0 Å². The summed E-state index contributed by atoms with van der Waals surface area (Å²) in [5.74, 6) is 0.534. The summed E-state index contributed by atoms with van der Waals surface area (Å²) < 4.78 is 13.0. The highest BCUT2D eigenvalue weighted by molar-refractivity contribution is 5.68. The van der Waals surface area contributed by atoms with Crippen molar-refractivity contribution < 1.29 is 4.39 Å². The first-order valence-corrected chi connectivity index (χ1v) is 5.00. The van der Waals surface area contributed by atoms with E-state index >= 15 is 0 Å². The lowest BCUT2D eigenvalue weighted by Gasteiger charge is -2.41. The van der Waals surface area contributed by atoms with Crippen molar-refractivity contribution in [2.75, 3.05) is 23.7 Å². The number of nitrogens with two attached hydrogens (primary N) is 1. The Morgan fingerprint density at radius 1 is 1.50 bits per heavy atom. The third kappa shape index (κ3) is 1.54. The Labute approximate surface area is 83.5 Å². The minimum Gasteiger partial charge on any atom is -0.397 e. The molecule has 3 heteroatoms. The van der Waals surface area contributed by atoms with Crippen LogP contribution in [0, 0.1) is 11.7 Å². The lowest BCUT2D eigenvalue weighted by Crippen LogP contribution is -2.46. The van der Waals surface area contributed by atoms with Crippen LogP contribution in [0.5, 0.6) is 0 Å². The van der Waals surface area contributed by atoms with Gasteiger partial charge in [0.25, 0.3) is 0 Å². The Balaban J connectivity index is 2.13. The van der Waals surface area contributed by atoms with E-state index < -0.39 is 0 Å². The fourth-order valence-electron chi connectivity index (χ4n) is 1.82. The standard InChI is InChI=1S/C11H15FN2/c1-2-8-6-14(7-8)11-5-9(12)3-4-10(11)13/h3-5,8H,2,6-7,13H2,1H3. The molecule has 0 unspecified atom stereocenters. The van der Waals surface area contributed by atoms with Crippen molar-refractivity contribution in [1.82, 2.24) is 0 Å². The Kier molecular flexibility index (Phi) is 2.32. The molecule has 0 atom stereocenters. The highest BCUT2D eigenvalue weighted by Crippen LogP contribution is 2.31. The maximum Gasteiger partial charge on any atom is 0.125 e. The van der Waals surface area contributed by atoms with Gasteiger partial charge in [0.1, 0.15) is 5.82 Å². The fourth-order valence-corrected chi connectivity index (χ4v) is 1.82. The summed E-state index contributed by atoms with van der Waals surface area (Å²) in [6, 6.07) is 4.54. The van der Waals surface area contributed by atoms with Gasteiger partial charge in [-0.3, -0.25) is 0 Å². The molecule has 2 N–H and O–H groups in total. The van der Waals surface area contributed by atoms with E-state index in [9.17, 15) is 4.39 Å². The van der Waals surface area contributed by atoms with Gasteiger partial charge < -0.3 is 10.6 Å². The monoisotopic (exact) mass is 194 g/mol. The van der Waals surface area contributed by atoms with Crippen LogP contribution < -0.4 is 10.6 Å². The molecule has 0 amide bonds. The average Bonchev–Trinajstić information content (AvgIpc) is 2.09. The normalized spacial score (nSPS) is 16.9. The zero-order chi connectivity index (χ0) is 10.1. The molecule has 0 saturated carbocycles. The molecule has 1 aromatic carbocycles. The second-order valence-corrected chi connectivity index (χ2v) is 3.88. The van der Waals surface area contributed by atoms with Crippen molar-refractivity contribution >= 4 is 11.4 Å². The van der Waals surface area contributed by atoms with E-state index in [0.29, 0.717) is 5.69 Å². The van der Waals surface area contributed by atoms with Crippen molar-refractivity contribution in [1.29, 1.82) is 0 Å². The van der Waals surface area contributed by atoms with Crippen molar-refractivity contribution in [2.24, 2.45) is 5.92 Å². The molecule has 2 nitrogen and oxygen atoms in total. The predicted molar refractivity (Wildman–Crippen MR) is 56.8 cm³/mol. The molecule has 76 valence electrons. The number of hydrogen-bond donors (Lipinski definition) is 1. The van der Waals surface area contributed by atoms with E-state index in [1.807, 2.05) is 0 Å². The van der Waals surface area contributed by atoms with E-state index in [0.717, 1.165) is 24.7 Å². The number of hydrogen-bond acceptors (Lipinski definition) is 2. The second-order valence-electron chi connectivity index (χ2n) is 3.88. The van der Waals surface area contributed by atoms with E-state index in [1.54, 1.807) is 6.07 Å². The van der Waals surface area contributed by atoms with Gasteiger partial charge in [-0.25, -0.2) is 4.39 Å². The molecule has 1 fully saturated rings. The molecule has 1 aliphatic heterocycles. The zero-order valence-corrected chi connectivity index (χ0v) is 8.33. The summed E-state index contributed by atoms with van der Waals surface area (Å²) in [6.07, 6.45) is 1.19. The summed E-state index contributed by atoms with van der Waals surface area (Å²) in [7, 11) is 0. The second kappa shape index (κ2) is 3.48. The topological polar surface area (TPSA) is 29.3 Å². The van der Waals surface area contributed by atoms with Gasteiger partial charge in [-0.15, -0.1) is 0 Å². The van der Waals surface area contributed by atoms with Crippen molar-refractivity contribution in [2.45, 2.75) is 13.3 Å². The number of rotatable bonds is 2. The molecule has 0 radical (unpaired) electrons. The van der Waals surface area contributed by atoms with Gasteiger partial charge in [0, 0.05) is 13.1 Å². The smallest absolute Gasteiger partial charge is 0.125 e. The summed E-state index contributed by atoms with van der Waals surface area (Å²) in [6.45, 7) is 4.19. The molecule has 1 aliphatic rings. The van der Waals surface area contributed by atoms with E-state index in [-0.39, 0.29) is 5.82 Å². The minimum atomic E-state index is -0.214. The molecule has 1 aromatic rings. The summed E-state index contributed by atoms with van der Waals surface area (Å²) in [5.41, 5.74) is 7.29. The Morgan fingerprint density at radius 2 is 2.21 bits per heavy atom. The number of anilines is 2. The van der Waals surface area contributed by atoms with Gasteiger partial charge in [0.15, 0.2) is 0 Å². The van der Waals surface area contributed by atoms with Crippen molar-refractivity contribution in [3.63, 3.8) is 0 Å². The molecule has 0 bridgehead atoms. The van der Waals surface area contributed by atoms with Gasteiger partial charge in [-0.05, 0) is 30.5 Å². The first kappa shape index (κ1) is 9.31. The van der Waals surface area contributed by atoms with Gasteiger partial charge in [-0.1, -0.05) is 6.92 Å². The summed E-state index contributed by atoms with van der Waals surface area (Å²) in [4.78, 5) is 2.13. The van der Waals surface area contributed by atoms with Crippen LogP contribution >= 0.6 is 0 Å². The van der Waals surface area contributed by atoms with E-state index in [2.05, 4.69) is 11.8 Å². The lowest BCUT2D eigenvalue weighted by atomic mass is 9.96. The van der Waals surface area contributed by atoms with Crippen LogP contribution in [0.25, 0.3) is 0 Å². The van der Waals surface area contributed by atoms with Crippen LogP contribution in [-0.2, 0) is 0 Å². The highest BCUT2D eigenvalue weighted by Gasteiger charge is 2.26. The molecule has 0 spiro atoms. The van der Waals surface area contributed by atoms with Crippen LogP contribution in [0.4, 0.5) is 15.8 Å². The van der Waals surface area contributed by atoms with E-state index in [4.69, 9.17) is 5.73 Å². The molecule has 2 rings (SSSR count). The summed E-state index contributed by atoms with van der Waals surface area (Å²) in [5, 5.41) is 0. The van der Waals surface area contributed by atoms with Crippen LogP contribution in [0.1, 0.15) is 13.3 Å².